The van der Waals surface area contributed by atoms with Crippen LogP contribution in [0.15, 0.2) is 35.4 Å². The summed E-state index contributed by atoms with van der Waals surface area (Å²) in [5, 5.41) is 4.12. The first-order valence-electron chi connectivity index (χ1n) is 8.72. The van der Waals surface area contributed by atoms with E-state index in [1.165, 1.54) is 6.33 Å². The second-order valence-corrected chi connectivity index (χ2v) is 8.65. The van der Waals surface area contributed by atoms with Gasteiger partial charge in [0, 0.05) is 30.7 Å². The van der Waals surface area contributed by atoms with Gasteiger partial charge in [0.15, 0.2) is 6.33 Å². The standard InChI is InChI=1S/C18H24N4O3S/c1-18(2,3)24-17(23)22-10-6-14(7-11-22)26-15(16-20-12-21-25-16)13-4-8-19-9-5-13/h4-5,8-9,12,14-15H,6-7,10-11H2,1-3H3. The Balaban J connectivity index is 1.61. The number of carbonyl (C=O) groups is 1. The summed E-state index contributed by atoms with van der Waals surface area (Å²) >= 11 is 1.80. The number of aromatic nitrogens is 3. The third-order valence-corrected chi connectivity index (χ3v) is 5.64. The van der Waals surface area contributed by atoms with Crippen molar-refractivity contribution >= 4 is 17.9 Å². The highest BCUT2D eigenvalue weighted by atomic mass is 32.2. The molecule has 0 bridgehead atoms. The second-order valence-electron chi connectivity index (χ2n) is 7.24. The van der Waals surface area contributed by atoms with Crippen molar-refractivity contribution in [2.24, 2.45) is 0 Å². The van der Waals surface area contributed by atoms with Crippen LogP contribution in [-0.4, -0.2) is 50.1 Å². The van der Waals surface area contributed by atoms with Crippen LogP contribution in [0.3, 0.4) is 0 Å². The first-order chi connectivity index (χ1) is 12.4. The van der Waals surface area contributed by atoms with Crippen molar-refractivity contribution in [2.45, 2.75) is 49.7 Å². The first kappa shape index (κ1) is 18.7. The molecule has 3 rings (SSSR count). The summed E-state index contributed by atoms with van der Waals surface area (Å²) in [4.78, 5) is 22.3. The highest BCUT2D eigenvalue weighted by Gasteiger charge is 2.30. The normalized spacial score (nSPS) is 17.1. The summed E-state index contributed by atoms with van der Waals surface area (Å²) in [5.74, 6) is 0.593. The molecule has 0 N–H and O–H groups in total. The van der Waals surface area contributed by atoms with Crippen LogP contribution in [0.2, 0.25) is 0 Å². The molecular weight excluding hydrogens is 352 g/mol. The van der Waals surface area contributed by atoms with Gasteiger partial charge in [0.05, 0.1) is 0 Å². The first-order valence-corrected chi connectivity index (χ1v) is 9.66. The zero-order valence-electron chi connectivity index (χ0n) is 15.3. The van der Waals surface area contributed by atoms with E-state index in [1.54, 1.807) is 29.1 Å². The highest BCUT2D eigenvalue weighted by Crippen LogP contribution is 2.40. The van der Waals surface area contributed by atoms with Crippen LogP contribution in [0, 0.1) is 0 Å². The van der Waals surface area contributed by atoms with Gasteiger partial charge in [0.2, 0.25) is 5.89 Å². The fourth-order valence-electron chi connectivity index (χ4n) is 2.81. The summed E-state index contributed by atoms with van der Waals surface area (Å²) in [6.45, 7) is 7.05. The molecule has 3 heterocycles. The minimum absolute atomic E-state index is 0.0291. The number of pyridine rings is 1. The van der Waals surface area contributed by atoms with E-state index in [1.807, 2.05) is 32.9 Å². The average Bonchev–Trinajstić information content (AvgIpc) is 3.14. The van der Waals surface area contributed by atoms with Gasteiger partial charge in [-0.25, -0.2) is 4.79 Å². The lowest BCUT2D eigenvalue weighted by atomic mass is 10.1. The van der Waals surface area contributed by atoms with Gasteiger partial charge in [-0.15, -0.1) is 11.8 Å². The molecule has 7 nitrogen and oxygen atoms in total. The van der Waals surface area contributed by atoms with Crippen molar-refractivity contribution in [1.29, 1.82) is 0 Å². The number of nitrogens with zero attached hydrogens (tertiary/aromatic N) is 4. The lowest BCUT2D eigenvalue weighted by Crippen LogP contribution is -2.42. The minimum Gasteiger partial charge on any atom is -0.444 e. The molecule has 8 heteroatoms. The molecule has 2 aromatic rings. The van der Waals surface area contributed by atoms with Crippen molar-refractivity contribution in [3.05, 3.63) is 42.3 Å². The Morgan fingerprint density at radius 2 is 2.00 bits per heavy atom. The summed E-state index contributed by atoms with van der Waals surface area (Å²) in [6.07, 6.45) is 6.53. The molecule has 0 spiro atoms. The van der Waals surface area contributed by atoms with E-state index in [0.717, 1.165) is 18.4 Å². The number of rotatable bonds is 4. The van der Waals surface area contributed by atoms with E-state index in [0.29, 0.717) is 24.2 Å². The van der Waals surface area contributed by atoms with Crippen LogP contribution >= 0.6 is 11.8 Å². The zero-order valence-corrected chi connectivity index (χ0v) is 16.1. The predicted octanol–water partition coefficient (Wildman–Crippen LogP) is 3.69. The number of ether oxygens (including phenoxy) is 1. The van der Waals surface area contributed by atoms with E-state index in [2.05, 4.69) is 15.1 Å². The smallest absolute Gasteiger partial charge is 0.410 e. The van der Waals surface area contributed by atoms with E-state index < -0.39 is 5.60 Å². The van der Waals surface area contributed by atoms with Gasteiger partial charge < -0.3 is 14.2 Å². The van der Waals surface area contributed by atoms with E-state index in [9.17, 15) is 4.79 Å². The molecule has 1 aliphatic heterocycles. The summed E-state index contributed by atoms with van der Waals surface area (Å²) in [5.41, 5.74) is 0.622. The molecule has 0 saturated carbocycles. The third kappa shape index (κ3) is 4.97. The van der Waals surface area contributed by atoms with Gasteiger partial charge in [-0.3, -0.25) is 4.98 Å². The van der Waals surface area contributed by atoms with Crippen LogP contribution in [0.25, 0.3) is 0 Å². The van der Waals surface area contributed by atoms with Gasteiger partial charge in [-0.05, 0) is 51.3 Å². The molecule has 2 aromatic heterocycles. The van der Waals surface area contributed by atoms with Gasteiger partial charge >= 0.3 is 6.09 Å². The number of carbonyl (C=O) groups excluding carboxylic acids is 1. The monoisotopic (exact) mass is 376 g/mol. The Morgan fingerprint density at radius 1 is 1.31 bits per heavy atom. The van der Waals surface area contributed by atoms with Crippen LogP contribution in [0.4, 0.5) is 4.79 Å². The van der Waals surface area contributed by atoms with Crippen LogP contribution in [0.5, 0.6) is 0 Å². The van der Waals surface area contributed by atoms with E-state index in [-0.39, 0.29) is 11.3 Å². The lowest BCUT2D eigenvalue weighted by molar-refractivity contribution is 0.0219. The van der Waals surface area contributed by atoms with Crippen molar-refractivity contribution in [3.8, 4) is 0 Å². The average molecular weight is 376 g/mol. The molecule has 1 unspecified atom stereocenters. The third-order valence-electron chi connectivity index (χ3n) is 4.03. The maximum Gasteiger partial charge on any atom is 0.410 e. The Morgan fingerprint density at radius 3 is 2.58 bits per heavy atom. The number of hydrogen-bond acceptors (Lipinski definition) is 7. The number of thioether (sulfide) groups is 1. The maximum absolute atomic E-state index is 12.2. The van der Waals surface area contributed by atoms with Gasteiger partial charge in [0.1, 0.15) is 10.9 Å². The molecule has 1 aliphatic rings. The molecule has 140 valence electrons. The number of likely N-dealkylation sites (tertiary alicyclic amines) is 1. The van der Waals surface area contributed by atoms with Crippen LogP contribution in [-0.2, 0) is 4.74 Å². The fraction of sp³-hybridized carbons (Fsp3) is 0.556. The highest BCUT2D eigenvalue weighted by molar-refractivity contribution is 8.00. The van der Waals surface area contributed by atoms with Crippen LogP contribution < -0.4 is 0 Å². The maximum atomic E-state index is 12.2. The number of hydrogen-bond donors (Lipinski definition) is 0. The molecule has 0 aromatic carbocycles. The SMILES string of the molecule is CC(C)(C)OC(=O)N1CCC(SC(c2ccncc2)c2ncno2)CC1. The van der Waals surface area contributed by atoms with Gasteiger partial charge in [-0.2, -0.15) is 4.98 Å². The molecule has 0 aliphatic carbocycles. The van der Waals surface area contributed by atoms with Crippen molar-refractivity contribution in [3.63, 3.8) is 0 Å². The Hall–Kier alpha value is -2.09. The molecule has 1 atom stereocenters. The van der Waals surface area contributed by atoms with E-state index in [4.69, 9.17) is 9.26 Å². The molecule has 1 amide bonds. The zero-order chi connectivity index (χ0) is 18.6. The Kier molecular flexibility index (Phi) is 5.80. The Labute approximate surface area is 157 Å². The lowest BCUT2D eigenvalue weighted by Gasteiger charge is -2.34. The van der Waals surface area contributed by atoms with Crippen molar-refractivity contribution in [1.82, 2.24) is 20.0 Å². The van der Waals surface area contributed by atoms with Crippen LogP contribution in [0.1, 0.15) is 50.3 Å². The quantitative estimate of drug-likeness (QED) is 0.805. The molecule has 0 radical (unpaired) electrons. The largest absolute Gasteiger partial charge is 0.444 e. The van der Waals surface area contributed by atoms with Crippen molar-refractivity contribution < 1.29 is 14.1 Å². The number of piperidine rings is 1. The fourth-order valence-corrected chi connectivity index (χ4v) is 4.21. The second kappa shape index (κ2) is 8.07. The van der Waals surface area contributed by atoms with Crippen molar-refractivity contribution in [2.75, 3.05) is 13.1 Å². The number of amides is 1. The van der Waals surface area contributed by atoms with E-state index >= 15 is 0 Å². The molecule has 1 saturated heterocycles. The Bertz CT molecular complexity index is 695. The minimum atomic E-state index is -0.465. The van der Waals surface area contributed by atoms with Gasteiger partial charge in [0.25, 0.3) is 0 Å². The summed E-state index contributed by atoms with van der Waals surface area (Å²) < 4.78 is 10.8. The summed E-state index contributed by atoms with van der Waals surface area (Å²) in [6, 6.07) is 3.94. The topological polar surface area (TPSA) is 81.4 Å². The van der Waals surface area contributed by atoms with Gasteiger partial charge in [-0.1, -0.05) is 5.16 Å². The summed E-state index contributed by atoms with van der Waals surface area (Å²) in [7, 11) is 0. The predicted molar refractivity (Wildman–Crippen MR) is 98.8 cm³/mol. The molecule has 26 heavy (non-hydrogen) atoms. The molecule has 1 fully saturated rings. The molecular formula is C18H24N4O3S.